The molecular weight excluding hydrogens is 553 g/mol. The SMILES string of the molecule is C=C.CC.CCc1ccc(N/C=C(/CCCN)N=C(C)N2CCN(SP(C)C)CC2)cc1.Cc1ccc(C2CC2)cc1. The van der Waals surface area contributed by atoms with Crippen LogP contribution in [-0.2, 0) is 6.42 Å². The van der Waals surface area contributed by atoms with Crippen LogP contribution in [0.2, 0.25) is 0 Å². The molecule has 1 aliphatic carbocycles. The highest BCUT2D eigenvalue weighted by molar-refractivity contribution is 8.54. The summed E-state index contributed by atoms with van der Waals surface area (Å²) in [6.45, 7) is 26.0. The number of amidine groups is 1. The minimum absolute atomic E-state index is 0.0603. The van der Waals surface area contributed by atoms with Crippen LogP contribution in [0.1, 0.15) is 76.0 Å². The molecule has 1 heterocycles. The summed E-state index contributed by atoms with van der Waals surface area (Å²) < 4.78 is 2.50. The topological polar surface area (TPSA) is 56.9 Å². The van der Waals surface area contributed by atoms with E-state index in [2.05, 4.69) is 110 Å². The fourth-order valence-corrected chi connectivity index (χ4v) is 6.97. The van der Waals surface area contributed by atoms with Gasteiger partial charge in [0.2, 0.25) is 0 Å². The smallest absolute Gasteiger partial charge is 0.101 e. The van der Waals surface area contributed by atoms with Crippen molar-refractivity contribution in [3.05, 3.63) is 90.3 Å². The Labute approximate surface area is 263 Å². The molecule has 2 fully saturated rings. The number of piperazine rings is 1. The molecule has 2 aromatic rings. The Bertz CT molecular complexity index is 1020. The van der Waals surface area contributed by atoms with Crippen LogP contribution in [0, 0.1) is 6.92 Å². The second-order valence-electron chi connectivity index (χ2n) is 10.4. The lowest BCUT2D eigenvalue weighted by molar-refractivity contribution is 0.282. The zero-order valence-corrected chi connectivity index (χ0v) is 29.2. The third-order valence-corrected chi connectivity index (χ3v) is 9.41. The summed E-state index contributed by atoms with van der Waals surface area (Å²) in [5.74, 6) is 2.01. The monoisotopic (exact) mass is 611 g/mol. The molecule has 5 nitrogen and oxygen atoms in total. The van der Waals surface area contributed by atoms with Crippen molar-refractivity contribution in [1.29, 1.82) is 0 Å². The summed E-state index contributed by atoms with van der Waals surface area (Å²) in [7, 11) is 0.0603. The van der Waals surface area contributed by atoms with Crippen LogP contribution >= 0.6 is 18.7 Å². The van der Waals surface area contributed by atoms with Gasteiger partial charge in [0.25, 0.3) is 0 Å². The van der Waals surface area contributed by atoms with Crippen molar-refractivity contribution in [3.8, 4) is 0 Å². The summed E-state index contributed by atoms with van der Waals surface area (Å²) in [6, 6.07) is 17.5. The third-order valence-electron chi connectivity index (χ3n) is 6.81. The number of nitrogens with two attached hydrogens (primary N) is 1. The van der Waals surface area contributed by atoms with E-state index in [1.165, 1.54) is 29.5 Å². The molecule has 0 bridgehead atoms. The van der Waals surface area contributed by atoms with Crippen LogP contribution in [0.3, 0.4) is 0 Å². The van der Waals surface area contributed by atoms with Gasteiger partial charge in [-0.15, -0.1) is 13.2 Å². The third kappa shape index (κ3) is 15.4. The van der Waals surface area contributed by atoms with Gasteiger partial charge in [-0.2, -0.15) is 0 Å². The number of allylic oxidation sites excluding steroid dienone is 1. The molecular formula is C35H58N5PS. The van der Waals surface area contributed by atoms with E-state index in [4.69, 9.17) is 10.7 Å². The number of benzene rings is 2. The van der Waals surface area contributed by atoms with E-state index in [-0.39, 0.29) is 7.12 Å². The maximum atomic E-state index is 5.73. The Morgan fingerprint density at radius 3 is 2.12 bits per heavy atom. The molecule has 0 aromatic heterocycles. The molecule has 2 aromatic carbocycles. The predicted molar refractivity (Wildman–Crippen MR) is 194 cm³/mol. The van der Waals surface area contributed by atoms with Crippen molar-refractivity contribution < 1.29 is 0 Å². The molecule has 2 aliphatic rings. The number of anilines is 1. The molecule has 3 N–H and O–H groups in total. The first-order valence-electron chi connectivity index (χ1n) is 15.6. The number of rotatable bonds is 10. The van der Waals surface area contributed by atoms with Crippen molar-refractivity contribution >= 4 is 30.2 Å². The molecule has 7 heteroatoms. The molecule has 0 atom stereocenters. The van der Waals surface area contributed by atoms with Crippen LogP contribution in [-0.4, -0.2) is 61.1 Å². The number of hydrogen-bond donors (Lipinski definition) is 2. The number of nitrogens with one attached hydrogen (secondary N) is 1. The quantitative estimate of drug-likeness (QED) is 0.0922. The van der Waals surface area contributed by atoms with Gasteiger partial charge < -0.3 is 16.0 Å². The van der Waals surface area contributed by atoms with Crippen molar-refractivity contribution in [3.63, 3.8) is 0 Å². The summed E-state index contributed by atoms with van der Waals surface area (Å²) in [6.07, 6.45) is 7.74. The van der Waals surface area contributed by atoms with Gasteiger partial charge in [-0.1, -0.05) is 74.3 Å². The van der Waals surface area contributed by atoms with Gasteiger partial charge in [-0.25, -0.2) is 9.30 Å². The highest BCUT2D eigenvalue weighted by Crippen LogP contribution is 2.44. The van der Waals surface area contributed by atoms with Crippen molar-refractivity contribution in [2.24, 2.45) is 10.7 Å². The van der Waals surface area contributed by atoms with E-state index in [0.717, 1.165) is 68.6 Å². The van der Waals surface area contributed by atoms with Crippen LogP contribution in [0.15, 0.2) is 78.6 Å². The molecule has 42 heavy (non-hydrogen) atoms. The molecule has 0 unspecified atom stereocenters. The van der Waals surface area contributed by atoms with Gasteiger partial charge in [0.05, 0.1) is 5.70 Å². The molecule has 0 amide bonds. The molecule has 1 saturated heterocycles. The Hall–Kier alpha value is -2.11. The van der Waals surface area contributed by atoms with Gasteiger partial charge in [-0.05, 0) is 102 Å². The van der Waals surface area contributed by atoms with Gasteiger partial charge in [0.15, 0.2) is 0 Å². The Morgan fingerprint density at radius 1 is 1.02 bits per heavy atom. The lowest BCUT2D eigenvalue weighted by Gasteiger charge is -2.35. The van der Waals surface area contributed by atoms with Crippen LogP contribution < -0.4 is 11.1 Å². The maximum Gasteiger partial charge on any atom is 0.101 e. The van der Waals surface area contributed by atoms with Crippen LogP contribution in [0.25, 0.3) is 0 Å². The van der Waals surface area contributed by atoms with E-state index < -0.39 is 0 Å². The fraction of sp³-hybridized carbons (Fsp3) is 0.514. The second-order valence-corrected chi connectivity index (χ2v) is 15.4. The second kappa shape index (κ2) is 22.4. The van der Waals surface area contributed by atoms with Crippen LogP contribution in [0.4, 0.5) is 5.69 Å². The minimum Gasteiger partial charge on any atom is -0.360 e. The van der Waals surface area contributed by atoms with E-state index in [1.54, 1.807) is 0 Å². The number of aliphatic imine (C=N–C) groups is 1. The summed E-state index contributed by atoms with van der Waals surface area (Å²) in [4.78, 5) is 7.34. The van der Waals surface area contributed by atoms with Crippen molar-refractivity contribution in [1.82, 2.24) is 9.21 Å². The molecule has 1 saturated carbocycles. The summed E-state index contributed by atoms with van der Waals surface area (Å²) in [5.41, 5.74) is 12.1. The predicted octanol–water partition coefficient (Wildman–Crippen LogP) is 9.28. The van der Waals surface area contributed by atoms with Crippen molar-refractivity contribution in [2.75, 3.05) is 51.4 Å². The lowest BCUT2D eigenvalue weighted by Crippen LogP contribution is -2.45. The minimum atomic E-state index is 0.0603. The number of nitrogens with zero attached hydrogens (tertiary/aromatic N) is 3. The first kappa shape index (κ1) is 37.9. The standard InChI is InChI=1S/C21H36N5PS.C10H12.C2H6.C2H4/c1-5-19-8-10-20(11-9-19)23-17-21(7-6-12-22)24-18(2)25-13-15-26(16-14-25)28-27(3)4;1-8-2-4-9(5-3-8)10-6-7-10;2*1-2/h8-11,17,23H,5-7,12-16,22H2,1-4H3;2-5,10H,6-7H2,1H3;1-2H3;1-2H2/b21-17-,24-18?;;;. The molecule has 0 radical (unpaired) electrons. The first-order valence-corrected chi connectivity index (χ1v) is 19.2. The summed E-state index contributed by atoms with van der Waals surface area (Å²) >= 11 is 2.02. The van der Waals surface area contributed by atoms with E-state index >= 15 is 0 Å². The average Bonchev–Trinajstić information content (AvgIpc) is 3.87. The molecule has 4 rings (SSSR count). The van der Waals surface area contributed by atoms with Crippen molar-refractivity contribution in [2.45, 2.75) is 72.6 Å². The lowest BCUT2D eigenvalue weighted by atomic mass is 10.1. The number of aryl methyl sites for hydroxylation is 2. The molecule has 0 spiro atoms. The highest BCUT2D eigenvalue weighted by atomic mass is 32.7. The Balaban J connectivity index is 0.000000518. The van der Waals surface area contributed by atoms with Gasteiger partial charge in [0, 0.05) is 38.1 Å². The number of hydrogen-bond acceptors (Lipinski definition) is 5. The zero-order valence-electron chi connectivity index (χ0n) is 27.5. The maximum absolute atomic E-state index is 5.73. The van der Waals surface area contributed by atoms with E-state index in [9.17, 15) is 0 Å². The van der Waals surface area contributed by atoms with Crippen LogP contribution in [0.5, 0.6) is 0 Å². The normalized spacial score (nSPS) is 15.5. The van der Waals surface area contributed by atoms with Gasteiger partial charge in [0.1, 0.15) is 5.84 Å². The average molecular weight is 612 g/mol. The molecule has 234 valence electrons. The largest absolute Gasteiger partial charge is 0.360 e. The first-order chi connectivity index (χ1) is 20.4. The summed E-state index contributed by atoms with van der Waals surface area (Å²) in [5, 5.41) is 3.40. The molecule has 1 aliphatic heterocycles. The van der Waals surface area contributed by atoms with Gasteiger partial charge in [-0.3, -0.25) is 0 Å². The Morgan fingerprint density at radius 2 is 1.62 bits per heavy atom. The Kier molecular flexibility index (Phi) is 20.2. The fourth-order valence-electron chi connectivity index (χ4n) is 4.30. The zero-order chi connectivity index (χ0) is 31.3. The van der Waals surface area contributed by atoms with E-state index in [1.807, 2.05) is 31.6 Å². The van der Waals surface area contributed by atoms with E-state index in [0.29, 0.717) is 6.54 Å². The van der Waals surface area contributed by atoms with Gasteiger partial charge >= 0.3 is 0 Å². The highest BCUT2D eigenvalue weighted by Gasteiger charge is 2.22.